The summed E-state index contributed by atoms with van der Waals surface area (Å²) in [5.74, 6) is -0.401. The predicted molar refractivity (Wildman–Crippen MR) is 105 cm³/mol. The second-order valence-corrected chi connectivity index (χ2v) is 6.58. The zero-order chi connectivity index (χ0) is 19.7. The highest BCUT2D eigenvalue weighted by atomic mass is 19.1. The van der Waals surface area contributed by atoms with Crippen molar-refractivity contribution in [1.82, 2.24) is 18.7 Å². The third-order valence-electron chi connectivity index (χ3n) is 4.63. The maximum atomic E-state index is 13.4. The van der Waals surface area contributed by atoms with Crippen LogP contribution in [0.3, 0.4) is 0 Å². The molecule has 0 fully saturated rings. The average Bonchev–Trinajstić information content (AvgIpc) is 3.11. The molecule has 0 unspecified atom stereocenters. The van der Waals surface area contributed by atoms with E-state index in [1.165, 1.54) is 33.4 Å². The maximum absolute atomic E-state index is 13.4. The summed E-state index contributed by atoms with van der Waals surface area (Å²) in [6, 6.07) is 14.9. The Morgan fingerprint density at radius 2 is 1.71 bits per heavy atom. The van der Waals surface area contributed by atoms with Crippen molar-refractivity contribution in [2.45, 2.75) is 26.4 Å². The summed E-state index contributed by atoms with van der Waals surface area (Å²) in [5, 5.41) is 0. The molecule has 0 aliphatic rings. The SMILES string of the molecule is CCCn1cnc2c1c(=O)n(Cc1ccccc1)c(=O)n2-c1ccc(F)cc1. The fraction of sp³-hybridized carbons (Fsp3) is 0.190. The van der Waals surface area contributed by atoms with Crippen molar-refractivity contribution < 1.29 is 4.39 Å². The van der Waals surface area contributed by atoms with Crippen LogP contribution in [-0.2, 0) is 13.1 Å². The van der Waals surface area contributed by atoms with Crippen molar-refractivity contribution >= 4 is 11.2 Å². The molecule has 0 aliphatic heterocycles. The van der Waals surface area contributed by atoms with Crippen LogP contribution in [0.15, 0.2) is 70.5 Å². The zero-order valence-corrected chi connectivity index (χ0v) is 15.4. The van der Waals surface area contributed by atoms with Crippen LogP contribution in [0.2, 0.25) is 0 Å². The van der Waals surface area contributed by atoms with E-state index in [1.807, 2.05) is 37.3 Å². The first-order chi connectivity index (χ1) is 13.6. The van der Waals surface area contributed by atoms with Gasteiger partial charge in [-0.3, -0.25) is 9.36 Å². The smallest absolute Gasteiger partial charge is 0.325 e. The van der Waals surface area contributed by atoms with Gasteiger partial charge in [0.1, 0.15) is 5.82 Å². The molecule has 2 aromatic carbocycles. The van der Waals surface area contributed by atoms with E-state index in [9.17, 15) is 14.0 Å². The van der Waals surface area contributed by atoms with Crippen LogP contribution < -0.4 is 11.2 Å². The molecule has 0 aliphatic carbocycles. The van der Waals surface area contributed by atoms with Gasteiger partial charge in [0.2, 0.25) is 0 Å². The number of hydrogen-bond acceptors (Lipinski definition) is 3. The van der Waals surface area contributed by atoms with E-state index in [0.717, 1.165) is 12.0 Å². The van der Waals surface area contributed by atoms with Gasteiger partial charge in [-0.05, 0) is 36.2 Å². The van der Waals surface area contributed by atoms with Gasteiger partial charge in [-0.2, -0.15) is 0 Å². The number of fused-ring (bicyclic) bond motifs is 1. The third-order valence-corrected chi connectivity index (χ3v) is 4.63. The highest BCUT2D eigenvalue weighted by molar-refractivity contribution is 5.72. The van der Waals surface area contributed by atoms with Gasteiger partial charge in [-0.15, -0.1) is 0 Å². The normalized spacial score (nSPS) is 11.2. The molecule has 28 heavy (non-hydrogen) atoms. The molecule has 4 aromatic rings. The molecule has 0 saturated carbocycles. The Morgan fingerprint density at radius 1 is 1.00 bits per heavy atom. The van der Waals surface area contributed by atoms with Crippen LogP contribution in [0.4, 0.5) is 4.39 Å². The monoisotopic (exact) mass is 378 g/mol. The molecule has 0 saturated heterocycles. The lowest BCUT2D eigenvalue weighted by atomic mass is 10.2. The number of benzene rings is 2. The van der Waals surface area contributed by atoms with Gasteiger partial charge < -0.3 is 4.57 Å². The van der Waals surface area contributed by atoms with Crippen LogP contribution in [0, 0.1) is 5.82 Å². The van der Waals surface area contributed by atoms with E-state index >= 15 is 0 Å². The average molecular weight is 378 g/mol. The Kier molecular flexibility index (Phi) is 4.65. The highest BCUT2D eigenvalue weighted by Crippen LogP contribution is 2.14. The summed E-state index contributed by atoms with van der Waals surface area (Å²) >= 11 is 0. The molecule has 0 bridgehead atoms. The minimum absolute atomic E-state index is 0.146. The minimum atomic E-state index is -0.505. The number of aromatic nitrogens is 4. The maximum Gasteiger partial charge on any atom is 0.337 e. The summed E-state index contributed by atoms with van der Waals surface area (Å²) < 4.78 is 17.7. The van der Waals surface area contributed by atoms with E-state index in [0.29, 0.717) is 17.7 Å². The van der Waals surface area contributed by atoms with Crippen molar-refractivity contribution in [2.75, 3.05) is 0 Å². The number of halogens is 1. The summed E-state index contributed by atoms with van der Waals surface area (Å²) in [7, 11) is 0. The van der Waals surface area contributed by atoms with E-state index in [1.54, 1.807) is 10.9 Å². The fourth-order valence-corrected chi connectivity index (χ4v) is 3.32. The van der Waals surface area contributed by atoms with Gasteiger partial charge in [0.15, 0.2) is 11.2 Å². The molecular formula is C21H19FN4O2. The van der Waals surface area contributed by atoms with E-state index in [4.69, 9.17) is 0 Å². The van der Waals surface area contributed by atoms with Crippen LogP contribution in [0.25, 0.3) is 16.9 Å². The second-order valence-electron chi connectivity index (χ2n) is 6.58. The molecule has 0 radical (unpaired) electrons. The van der Waals surface area contributed by atoms with Gasteiger partial charge in [0.25, 0.3) is 5.56 Å². The van der Waals surface area contributed by atoms with E-state index in [2.05, 4.69) is 4.98 Å². The Hall–Kier alpha value is -3.48. The van der Waals surface area contributed by atoms with Gasteiger partial charge in [0, 0.05) is 6.54 Å². The lowest BCUT2D eigenvalue weighted by molar-refractivity contribution is 0.626. The van der Waals surface area contributed by atoms with Crippen LogP contribution in [-0.4, -0.2) is 18.7 Å². The molecule has 0 atom stereocenters. The summed E-state index contributed by atoms with van der Waals surface area (Å²) in [6.45, 7) is 2.76. The van der Waals surface area contributed by atoms with Crippen LogP contribution in [0.1, 0.15) is 18.9 Å². The number of rotatable bonds is 5. The van der Waals surface area contributed by atoms with Gasteiger partial charge in [0.05, 0.1) is 18.6 Å². The molecular weight excluding hydrogens is 359 g/mol. The fourth-order valence-electron chi connectivity index (χ4n) is 3.32. The number of nitrogens with zero attached hydrogens (tertiary/aromatic N) is 4. The molecule has 2 aromatic heterocycles. The first-order valence-corrected chi connectivity index (χ1v) is 9.10. The molecule has 7 heteroatoms. The summed E-state index contributed by atoms with van der Waals surface area (Å²) in [5.41, 5.74) is 1.05. The molecule has 0 N–H and O–H groups in total. The van der Waals surface area contributed by atoms with E-state index < -0.39 is 11.5 Å². The first-order valence-electron chi connectivity index (χ1n) is 9.10. The zero-order valence-electron chi connectivity index (χ0n) is 15.4. The lowest BCUT2D eigenvalue weighted by Crippen LogP contribution is -2.40. The number of hydrogen-bond donors (Lipinski definition) is 0. The Balaban J connectivity index is 2.03. The molecule has 142 valence electrons. The Labute approximate surface area is 160 Å². The molecule has 0 spiro atoms. The Bertz CT molecular complexity index is 1240. The topological polar surface area (TPSA) is 61.8 Å². The van der Waals surface area contributed by atoms with Crippen molar-refractivity contribution in [3.05, 3.63) is 93.1 Å². The molecule has 0 amide bonds. The van der Waals surface area contributed by atoms with Gasteiger partial charge in [-0.25, -0.2) is 18.7 Å². The highest BCUT2D eigenvalue weighted by Gasteiger charge is 2.19. The van der Waals surface area contributed by atoms with Crippen molar-refractivity contribution in [3.63, 3.8) is 0 Å². The van der Waals surface area contributed by atoms with E-state index in [-0.39, 0.29) is 17.8 Å². The minimum Gasteiger partial charge on any atom is -0.325 e. The molecule has 4 rings (SSSR count). The molecule has 2 heterocycles. The third kappa shape index (κ3) is 3.05. The Morgan fingerprint density at radius 3 is 2.39 bits per heavy atom. The molecule has 6 nitrogen and oxygen atoms in total. The van der Waals surface area contributed by atoms with Crippen molar-refractivity contribution in [2.24, 2.45) is 0 Å². The number of imidazole rings is 1. The summed E-state index contributed by atoms with van der Waals surface area (Å²) in [6.07, 6.45) is 2.39. The second kappa shape index (κ2) is 7.26. The standard InChI is InChI=1S/C21H19FN4O2/c1-2-12-24-14-23-19-18(24)20(27)25(13-15-6-4-3-5-7-15)21(28)26(19)17-10-8-16(22)9-11-17/h3-11,14H,2,12-13H2,1H3. The summed E-state index contributed by atoms with van der Waals surface area (Å²) in [4.78, 5) is 30.7. The largest absolute Gasteiger partial charge is 0.337 e. The van der Waals surface area contributed by atoms with Crippen LogP contribution >= 0.6 is 0 Å². The first kappa shape index (κ1) is 17.9. The van der Waals surface area contributed by atoms with Crippen molar-refractivity contribution in [3.8, 4) is 5.69 Å². The van der Waals surface area contributed by atoms with Crippen molar-refractivity contribution in [1.29, 1.82) is 0 Å². The van der Waals surface area contributed by atoms with Gasteiger partial charge in [-0.1, -0.05) is 37.3 Å². The van der Waals surface area contributed by atoms with Gasteiger partial charge >= 0.3 is 5.69 Å². The predicted octanol–water partition coefficient (Wildman–Crippen LogP) is 2.95. The lowest BCUT2D eigenvalue weighted by Gasteiger charge is -2.13. The quantitative estimate of drug-likeness (QED) is 0.536. The van der Waals surface area contributed by atoms with Crippen LogP contribution in [0.5, 0.6) is 0 Å². The number of aryl methyl sites for hydroxylation is 1.